The SMILES string of the molecule is CCc1nc(Cc2ccc(F)cc2)[nH]c(=O)c1I. The number of hydrogen-bond donors (Lipinski definition) is 1. The molecule has 0 aliphatic heterocycles. The molecule has 0 unspecified atom stereocenters. The van der Waals surface area contributed by atoms with Crippen molar-refractivity contribution in [1.82, 2.24) is 9.97 Å². The summed E-state index contributed by atoms with van der Waals surface area (Å²) >= 11 is 2.00. The zero-order valence-electron chi connectivity index (χ0n) is 9.84. The van der Waals surface area contributed by atoms with E-state index in [4.69, 9.17) is 0 Å². The minimum atomic E-state index is -0.267. The van der Waals surface area contributed by atoms with Gasteiger partial charge in [0.05, 0.1) is 9.26 Å². The van der Waals surface area contributed by atoms with Crippen LogP contribution in [0.5, 0.6) is 0 Å². The van der Waals surface area contributed by atoms with Gasteiger partial charge in [-0.25, -0.2) is 9.37 Å². The number of H-pyrrole nitrogens is 1. The fraction of sp³-hybridized carbons (Fsp3) is 0.231. The lowest BCUT2D eigenvalue weighted by molar-refractivity contribution is 0.627. The number of nitrogens with one attached hydrogen (secondary N) is 1. The summed E-state index contributed by atoms with van der Waals surface area (Å²) in [4.78, 5) is 18.9. The first-order chi connectivity index (χ1) is 8.60. The van der Waals surface area contributed by atoms with Gasteiger partial charge < -0.3 is 4.98 Å². The summed E-state index contributed by atoms with van der Waals surface area (Å²) in [5.74, 6) is 0.348. The molecule has 5 heteroatoms. The molecule has 0 saturated carbocycles. The van der Waals surface area contributed by atoms with Crippen LogP contribution in [0, 0.1) is 9.39 Å². The van der Waals surface area contributed by atoms with Gasteiger partial charge in [-0.3, -0.25) is 4.79 Å². The molecule has 0 spiro atoms. The highest BCUT2D eigenvalue weighted by atomic mass is 127. The molecule has 2 rings (SSSR count). The van der Waals surface area contributed by atoms with Crippen LogP contribution in [0.25, 0.3) is 0 Å². The number of aromatic nitrogens is 2. The van der Waals surface area contributed by atoms with Crippen LogP contribution in [0.4, 0.5) is 4.39 Å². The predicted molar refractivity (Wildman–Crippen MR) is 76.2 cm³/mol. The molecule has 0 radical (unpaired) electrons. The molecule has 1 aromatic heterocycles. The highest BCUT2D eigenvalue weighted by molar-refractivity contribution is 14.1. The normalized spacial score (nSPS) is 10.6. The molecule has 94 valence electrons. The van der Waals surface area contributed by atoms with Crippen molar-refractivity contribution in [2.45, 2.75) is 19.8 Å². The van der Waals surface area contributed by atoms with Gasteiger partial charge in [0.25, 0.3) is 5.56 Å². The Morgan fingerprint density at radius 1 is 1.33 bits per heavy atom. The van der Waals surface area contributed by atoms with Gasteiger partial charge >= 0.3 is 0 Å². The fourth-order valence-corrected chi connectivity index (χ4v) is 2.31. The van der Waals surface area contributed by atoms with Crippen molar-refractivity contribution in [1.29, 1.82) is 0 Å². The Bertz CT molecular complexity index is 607. The minimum absolute atomic E-state index is 0.112. The van der Waals surface area contributed by atoms with Crippen LogP contribution >= 0.6 is 22.6 Å². The number of rotatable bonds is 3. The largest absolute Gasteiger partial charge is 0.309 e. The highest BCUT2D eigenvalue weighted by Crippen LogP contribution is 2.09. The lowest BCUT2D eigenvalue weighted by Crippen LogP contribution is -2.18. The molecule has 0 aliphatic carbocycles. The van der Waals surface area contributed by atoms with Crippen molar-refractivity contribution in [3.8, 4) is 0 Å². The molecule has 0 aliphatic rings. The predicted octanol–water partition coefficient (Wildman–Crippen LogP) is 2.67. The molecule has 0 amide bonds. The fourth-order valence-electron chi connectivity index (χ4n) is 1.67. The molecule has 18 heavy (non-hydrogen) atoms. The second-order valence-electron chi connectivity index (χ2n) is 3.93. The standard InChI is InChI=1S/C13H12FIN2O/c1-2-10-12(15)13(18)17-11(16-10)7-8-3-5-9(14)6-4-8/h3-6H,2,7H2,1H3,(H,16,17,18). The van der Waals surface area contributed by atoms with Crippen LogP contribution < -0.4 is 5.56 Å². The van der Waals surface area contributed by atoms with Crippen LogP contribution in [0.1, 0.15) is 24.0 Å². The second kappa shape index (κ2) is 5.60. The molecule has 2 aromatic rings. The van der Waals surface area contributed by atoms with E-state index in [2.05, 4.69) is 9.97 Å². The van der Waals surface area contributed by atoms with Crippen LogP contribution in [0.3, 0.4) is 0 Å². The highest BCUT2D eigenvalue weighted by Gasteiger charge is 2.07. The topological polar surface area (TPSA) is 45.8 Å². The quantitative estimate of drug-likeness (QED) is 0.858. The average Bonchev–Trinajstić information content (AvgIpc) is 2.36. The van der Waals surface area contributed by atoms with Crippen LogP contribution in [-0.2, 0) is 12.8 Å². The Labute approximate surface area is 118 Å². The van der Waals surface area contributed by atoms with Gasteiger partial charge in [-0.15, -0.1) is 0 Å². The molecule has 1 N–H and O–H groups in total. The van der Waals surface area contributed by atoms with Gasteiger partial charge in [-0.2, -0.15) is 0 Å². The third-order valence-electron chi connectivity index (χ3n) is 2.60. The summed E-state index contributed by atoms with van der Waals surface area (Å²) in [5.41, 5.74) is 1.61. The summed E-state index contributed by atoms with van der Waals surface area (Å²) in [6, 6.07) is 6.19. The number of aromatic amines is 1. The lowest BCUT2D eigenvalue weighted by Gasteiger charge is -2.05. The number of hydrogen-bond acceptors (Lipinski definition) is 2. The van der Waals surface area contributed by atoms with Crippen LogP contribution in [0.2, 0.25) is 0 Å². The molecule has 0 bridgehead atoms. The Morgan fingerprint density at radius 3 is 2.61 bits per heavy atom. The first-order valence-corrected chi connectivity index (χ1v) is 6.70. The van der Waals surface area contributed by atoms with Gasteiger partial charge in [-0.05, 0) is 46.7 Å². The number of benzene rings is 1. The maximum absolute atomic E-state index is 12.8. The second-order valence-corrected chi connectivity index (χ2v) is 5.01. The molecule has 1 aromatic carbocycles. The third-order valence-corrected chi connectivity index (χ3v) is 3.71. The lowest BCUT2D eigenvalue weighted by atomic mass is 10.1. The van der Waals surface area contributed by atoms with E-state index in [1.165, 1.54) is 12.1 Å². The van der Waals surface area contributed by atoms with E-state index >= 15 is 0 Å². The van der Waals surface area contributed by atoms with E-state index in [0.29, 0.717) is 15.8 Å². The molecule has 3 nitrogen and oxygen atoms in total. The van der Waals surface area contributed by atoms with E-state index < -0.39 is 0 Å². The Kier molecular flexibility index (Phi) is 4.11. The monoisotopic (exact) mass is 358 g/mol. The molecule has 0 atom stereocenters. The third kappa shape index (κ3) is 2.95. The van der Waals surface area contributed by atoms with E-state index in [1.807, 2.05) is 29.5 Å². The summed E-state index contributed by atoms with van der Waals surface area (Å²) in [6.07, 6.45) is 1.22. The van der Waals surface area contributed by atoms with E-state index in [9.17, 15) is 9.18 Å². The van der Waals surface area contributed by atoms with Crippen molar-refractivity contribution in [2.24, 2.45) is 0 Å². The van der Waals surface area contributed by atoms with E-state index in [0.717, 1.165) is 17.7 Å². The summed E-state index contributed by atoms with van der Waals surface area (Å²) in [7, 11) is 0. The molecule has 0 saturated heterocycles. The van der Waals surface area contributed by atoms with Gasteiger partial charge in [-0.1, -0.05) is 19.1 Å². The number of nitrogens with zero attached hydrogens (tertiary/aromatic N) is 1. The van der Waals surface area contributed by atoms with Gasteiger partial charge in [0, 0.05) is 6.42 Å². The average molecular weight is 358 g/mol. The zero-order valence-corrected chi connectivity index (χ0v) is 12.0. The van der Waals surface area contributed by atoms with Gasteiger partial charge in [0.15, 0.2) is 0 Å². The molecular formula is C13H12FIN2O. The first kappa shape index (κ1) is 13.2. The van der Waals surface area contributed by atoms with Crippen molar-refractivity contribution in [3.63, 3.8) is 0 Å². The Balaban J connectivity index is 2.32. The Morgan fingerprint density at radius 2 is 2.00 bits per heavy atom. The van der Waals surface area contributed by atoms with Crippen molar-refractivity contribution < 1.29 is 4.39 Å². The summed E-state index contributed by atoms with van der Waals surface area (Å²) in [5, 5.41) is 0. The number of halogens is 2. The first-order valence-electron chi connectivity index (χ1n) is 5.62. The van der Waals surface area contributed by atoms with Crippen molar-refractivity contribution in [2.75, 3.05) is 0 Å². The van der Waals surface area contributed by atoms with Gasteiger partial charge in [0.1, 0.15) is 11.6 Å². The van der Waals surface area contributed by atoms with E-state index in [-0.39, 0.29) is 11.4 Å². The molecule has 0 fully saturated rings. The zero-order chi connectivity index (χ0) is 13.1. The van der Waals surface area contributed by atoms with Gasteiger partial charge in [0.2, 0.25) is 0 Å². The maximum atomic E-state index is 12.8. The number of aryl methyl sites for hydroxylation is 1. The Hall–Kier alpha value is -1.24. The van der Waals surface area contributed by atoms with Crippen LogP contribution in [-0.4, -0.2) is 9.97 Å². The molecule has 1 heterocycles. The maximum Gasteiger partial charge on any atom is 0.264 e. The van der Waals surface area contributed by atoms with Crippen molar-refractivity contribution in [3.05, 3.63) is 61.1 Å². The minimum Gasteiger partial charge on any atom is -0.309 e. The van der Waals surface area contributed by atoms with Crippen molar-refractivity contribution >= 4 is 22.6 Å². The van der Waals surface area contributed by atoms with E-state index in [1.54, 1.807) is 12.1 Å². The summed E-state index contributed by atoms with van der Waals surface area (Å²) < 4.78 is 13.4. The van der Waals surface area contributed by atoms with Crippen LogP contribution in [0.15, 0.2) is 29.1 Å². The summed E-state index contributed by atoms with van der Waals surface area (Å²) in [6.45, 7) is 1.96. The smallest absolute Gasteiger partial charge is 0.264 e. The molecular weight excluding hydrogens is 346 g/mol.